The standard InChI is InChI=1S/C20H21NO5/c1-24-18-8-13(2-4-16(18)22)9-20(23)21-7-6-15(11-21)14-3-5-17-19(10-14)26-12-25-17/h2-5,8,10,15,22H,6-7,9,11-12H2,1H3/t15-/m0/s1. The molecule has 0 aliphatic carbocycles. The van der Waals surface area contributed by atoms with Gasteiger partial charge in [-0.05, 0) is 41.8 Å². The van der Waals surface area contributed by atoms with Crippen molar-refractivity contribution >= 4 is 5.91 Å². The zero-order chi connectivity index (χ0) is 18.1. The van der Waals surface area contributed by atoms with Crippen LogP contribution in [0.25, 0.3) is 0 Å². The van der Waals surface area contributed by atoms with Gasteiger partial charge in [0.15, 0.2) is 23.0 Å². The third kappa shape index (κ3) is 3.14. The summed E-state index contributed by atoms with van der Waals surface area (Å²) >= 11 is 0. The topological polar surface area (TPSA) is 68.2 Å². The minimum Gasteiger partial charge on any atom is -0.504 e. The Hall–Kier alpha value is -2.89. The zero-order valence-electron chi connectivity index (χ0n) is 14.6. The van der Waals surface area contributed by atoms with Crippen LogP contribution in [0.1, 0.15) is 23.5 Å². The molecule has 0 spiro atoms. The first kappa shape index (κ1) is 16.6. The molecule has 4 rings (SSSR count). The molecule has 0 radical (unpaired) electrons. The van der Waals surface area contributed by atoms with Gasteiger partial charge in [0, 0.05) is 19.0 Å². The molecule has 26 heavy (non-hydrogen) atoms. The number of amides is 1. The lowest BCUT2D eigenvalue weighted by atomic mass is 9.98. The number of carbonyl (C=O) groups is 1. The number of carbonyl (C=O) groups excluding carboxylic acids is 1. The van der Waals surface area contributed by atoms with Gasteiger partial charge in [-0.25, -0.2) is 0 Å². The molecule has 0 unspecified atom stereocenters. The Balaban J connectivity index is 1.41. The van der Waals surface area contributed by atoms with Crippen molar-refractivity contribution in [1.29, 1.82) is 0 Å². The Labute approximate surface area is 151 Å². The van der Waals surface area contributed by atoms with Crippen LogP contribution in [0.15, 0.2) is 36.4 Å². The van der Waals surface area contributed by atoms with Crippen molar-refractivity contribution in [3.63, 3.8) is 0 Å². The van der Waals surface area contributed by atoms with Gasteiger partial charge >= 0.3 is 0 Å². The quantitative estimate of drug-likeness (QED) is 0.913. The molecule has 1 fully saturated rings. The Morgan fingerprint density at radius 1 is 1.23 bits per heavy atom. The van der Waals surface area contributed by atoms with Crippen molar-refractivity contribution in [2.75, 3.05) is 27.0 Å². The fourth-order valence-electron chi connectivity index (χ4n) is 3.54. The summed E-state index contributed by atoms with van der Waals surface area (Å²) in [7, 11) is 1.50. The number of phenols is 1. The molecule has 1 atom stereocenters. The highest BCUT2D eigenvalue weighted by molar-refractivity contribution is 5.79. The molecular weight excluding hydrogens is 334 g/mol. The van der Waals surface area contributed by atoms with Gasteiger partial charge < -0.3 is 24.2 Å². The van der Waals surface area contributed by atoms with E-state index in [-0.39, 0.29) is 18.4 Å². The largest absolute Gasteiger partial charge is 0.504 e. The van der Waals surface area contributed by atoms with E-state index in [0.717, 1.165) is 30.0 Å². The van der Waals surface area contributed by atoms with Crippen molar-refractivity contribution in [3.05, 3.63) is 47.5 Å². The lowest BCUT2D eigenvalue weighted by molar-refractivity contribution is -0.129. The van der Waals surface area contributed by atoms with Gasteiger partial charge in [-0.15, -0.1) is 0 Å². The molecule has 0 aromatic heterocycles. The number of hydrogen-bond donors (Lipinski definition) is 1. The maximum Gasteiger partial charge on any atom is 0.231 e. The number of methoxy groups -OCH3 is 1. The lowest BCUT2D eigenvalue weighted by Crippen LogP contribution is -2.29. The van der Waals surface area contributed by atoms with Gasteiger partial charge in [-0.3, -0.25) is 4.79 Å². The van der Waals surface area contributed by atoms with Crippen LogP contribution in [0.5, 0.6) is 23.0 Å². The molecule has 1 amide bonds. The Morgan fingerprint density at radius 3 is 2.92 bits per heavy atom. The van der Waals surface area contributed by atoms with E-state index in [9.17, 15) is 9.90 Å². The van der Waals surface area contributed by atoms with E-state index in [1.807, 2.05) is 17.0 Å². The highest BCUT2D eigenvalue weighted by Gasteiger charge is 2.28. The number of benzene rings is 2. The summed E-state index contributed by atoms with van der Waals surface area (Å²) in [5.41, 5.74) is 2.01. The van der Waals surface area contributed by atoms with E-state index < -0.39 is 0 Å². The van der Waals surface area contributed by atoms with E-state index in [1.54, 1.807) is 18.2 Å². The molecule has 1 saturated heterocycles. The summed E-state index contributed by atoms with van der Waals surface area (Å²) in [5, 5.41) is 9.67. The average molecular weight is 355 g/mol. The number of phenolic OH excluding ortho intramolecular Hbond substituents is 1. The first-order valence-electron chi connectivity index (χ1n) is 8.67. The van der Waals surface area contributed by atoms with Crippen molar-refractivity contribution in [1.82, 2.24) is 4.90 Å². The Bertz CT molecular complexity index is 835. The summed E-state index contributed by atoms with van der Waals surface area (Å²) < 4.78 is 15.9. The number of nitrogens with zero attached hydrogens (tertiary/aromatic N) is 1. The predicted octanol–water partition coefficient (Wildman–Crippen LogP) is 2.69. The minimum absolute atomic E-state index is 0.0766. The van der Waals surface area contributed by atoms with Crippen LogP contribution >= 0.6 is 0 Å². The third-order valence-electron chi connectivity index (χ3n) is 5.01. The number of fused-ring (bicyclic) bond motifs is 1. The van der Waals surface area contributed by atoms with Gasteiger partial charge in [0.25, 0.3) is 0 Å². The number of likely N-dealkylation sites (tertiary alicyclic amines) is 1. The molecule has 1 N–H and O–H groups in total. The maximum atomic E-state index is 12.6. The monoisotopic (exact) mass is 355 g/mol. The second kappa shape index (κ2) is 6.78. The molecule has 0 bridgehead atoms. The van der Waals surface area contributed by atoms with Gasteiger partial charge in [0.05, 0.1) is 13.5 Å². The van der Waals surface area contributed by atoms with E-state index in [1.165, 1.54) is 12.7 Å². The van der Waals surface area contributed by atoms with E-state index >= 15 is 0 Å². The van der Waals surface area contributed by atoms with Gasteiger partial charge in [-0.2, -0.15) is 0 Å². The van der Waals surface area contributed by atoms with Crippen molar-refractivity contribution in [3.8, 4) is 23.0 Å². The van der Waals surface area contributed by atoms with Crippen LogP contribution in [-0.2, 0) is 11.2 Å². The van der Waals surface area contributed by atoms with Crippen LogP contribution < -0.4 is 14.2 Å². The SMILES string of the molecule is COc1cc(CC(=O)N2CC[C@H](c3ccc4c(c3)OCO4)C2)ccc1O. The second-order valence-corrected chi connectivity index (χ2v) is 6.62. The van der Waals surface area contributed by atoms with Gasteiger partial charge in [0.2, 0.25) is 12.7 Å². The minimum atomic E-state index is 0.0766. The summed E-state index contributed by atoms with van der Waals surface area (Å²) in [6, 6.07) is 11.0. The van der Waals surface area contributed by atoms with Crippen LogP contribution in [0.3, 0.4) is 0 Å². The van der Waals surface area contributed by atoms with E-state index in [2.05, 4.69) is 6.07 Å². The van der Waals surface area contributed by atoms with Crippen LogP contribution in [-0.4, -0.2) is 42.9 Å². The lowest BCUT2D eigenvalue weighted by Gasteiger charge is -2.17. The highest BCUT2D eigenvalue weighted by Crippen LogP contribution is 2.37. The molecular formula is C20H21NO5. The number of aromatic hydroxyl groups is 1. The molecule has 2 aliphatic heterocycles. The average Bonchev–Trinajstić information content (AvgIpc) is 3.31. The van der Waals surface area contributed by atoms with Crippen molar-refractivity contribution < 1.29 is 24.1 Å². The second-order valence-electron chi connectivity index (χ2n) is 6.62. The van der Waals surface area contributed by atoms with Crippen molar-refractivity contribution in [2.45, 2.75) is 18.8 Å². The molecule has 2 aromatic rings. The molecule has 2 aliphatic rings. The summed E-state index contributed by atoms with van der Waals surface area (Å²) in [6.45, 7) is 1.71. The smallest absolute Gasteiger partial charge is 0.231 e. The van der Waals surface area contributed by atoms with E-state index in [4.69, 9.17) is 14.2 Å². The molecule has 0 saturated carbocycles. The van der Waals surface area contributed by atoms with Crippen molar-refractivity contribution in [2.24, 2.45) is 0 Å². The number of hydrogen-bond acceptors (Lipinski definition) is 5. The predicted molar refractivity (Wildman–Crippen MR) is 94.9 cm³/mol. The maximum absolute atomic E-state index is 12.6. The fourth-order valence-corrected chi connectivity index (χ4v) is 3.54. The normalized spacial score (nSPS) is 18.2. The molecule has 6 heteroatoms. The zero-order valence-corrected chi connectivity index (χ0v) is 14.6. The first-order valence-corrected chi connectivity index (χ1v) is 8.67. The third-order valence-corrected chi connectivity index (χ3v) is 5.01. The fraction of sp³-hybridized carbons (Fsp3) is 0.350. The Kier molecular flexibility index (Phi) is 4.32. The van der Waals surface area contributed by atoms with E-state index in [0.29, 0.717) is 24.6 Å². The number of rotatable bonds is 4. The van der Waals surface area contributed by atoms with Crippen LogP contribution in [0.4, 0.5) is 0 Å². The van der Waals surface area contributed by atoms with Crippen LogP contribution in [0.2, 0.25) is 0 Å². The summed E-state index contributed by atoms with van der Waals surface area (Å²) in [6.07, 6.45) is 1.23. The molecule has 136 valence electrons. The highest BCUT2D eigenvalue weighted by atomic mass is 16.7. The van der Waals surface area contributed by atoms with Gasteiger partial charge in [-0.1, -0.05) is 12.1 Å². The van der Waals surface area contributed by atoms with Crippen LogP contribution in [0, 0.1) is 0 Å². The summed E-state index contributed by atoms with van der Waals surface area (Å²) in [5.74, 6) is 2.41. The molecule has 2 aromatic carbocycles. The number of ether oxygens (including phenoxy) is 3. The Morgan fingerprint density at radius 2 is 2.08 bits per heavy atom. The van der Waals surface area contributed by atoms with Gasteiger partial charge in [0.1, 0.15) is 0 Å². The first-order chi connectivity index (χ1) is 12.6. The summed E-state index contributed by atoms with van der Waals surface area (Å²) in [4.78, 5) is 14.5. The molecule has 2 heterocycles. The molecule has 6 nitrogen and oxygen atoms in total.